The van der Waals surface area contributed by atoms with Gasteiger partial charge in [-0.05, 0) is 42.6 Å². The fourth-order valence-electron chi connectivity index (χ4n) is 2.20. The maximum Gasteiger partial charge on any atom is 0.227 e. The van der Waals surface area contributed by atoms with Crippen LogP contribution in [0.3, 0.4) is 0 Å². The van der Waals surface area contributed by atoms with Crippen LogP contribution >= 0.6 is 0 Å². The lowest BCUT2D eigenvalue weighted by molar-refractivity contribution is -0.119. The molecule has 2 rings (SSSR count). The Balaban J connectivity index is 1.98. The smallest absolute Gasteiger partial charge is 0.227 e. The minimum Gasteiger partial charge on any atom is -0.330 e. The topological polar surface area (TPSA) is 55.1 Å². The Bertz CT molecular complexity index is 564. The number of hydrogen-bond acceptors (Lipinski definition) is 2. The van der Waals surface area contributed by atoms with Crippen molar-refractivity contribution in [3.63, 3.8) is 0 Å². The van der Waals surface area contributed by atoms with Crippen molar-refractivity contribution < 1.29 is 4.79 Å². The molecular weight excluding hydrogens is 260 g/mol. The van der Waals surface area contributed by atoms with Gasteiger partial charge in [0, 0.05) is 11.6 Å². The SMILES string of the molecule is CC(CCCN)C(=O)Nc1ccc(-c2ccccc2)cc1. The van der Waals surface area contributed by atoms with Crippen LogP contribution in [0.1, 0.15) is 19.8 Å². The highest BCUT2D eigenvalue weighted by atomic mass is 16.1. The fraction of sp³-hybridized carbons (Fsp3) is 0.278. The molecule has 0 aliphatic carbocycles. The zero-order valence-corrected chi connectivity index (χ0v) is 12.4. The Morgan fingerprint density at radius 2 is 1.67 bits per heavy atom. The van der Waals surface area contributed by atoms with Gasteiger partial charge in [0.2, 0.25) is 5.91 Å². The Hall–Kier alpha value is -2.13. The van der Waals surface area contributed by atoms with E-state index in [1.54, 1.807) is 0 Å². The molecule has 0 saturated carbocycles. The van der Waals surface area contributed by atoms with E-state index in [9.17, 15) is 4.79 Å². The summed E-state index contributed by atoms with van der Waals surface area (Å²) in [5, 5.41) is 2.95. The number of nitrogens with one attached hydrogen (secondary N) is 1. The van der Waals surface area contributed by atoms with Gasteiger partial charge in [-0.3, -0.25) is 4.79 Å². The molecule has 0 fully saturated rings. The molecular formula is C18H22N2O. The summed E-state index contributed by atoms with van der Waals surface area (Å²) in [5.41, 5.74) is 8.62. The van der Waals surface area contributed by atoms with Crippen LogP contribution in [0.2, 0.25) is 0 Å². The highest BCUT2D eigenvalue weighted by Crippen LogP contribution is 2.21. The summed E-state index contributed by atoms with van der Waals surface area (Å²) >= 11 is 0. The van der Waals surface area contributed by atoms with Gasteiger partial charge < -0.3 is 11.1 Å². The van der Waals surface area contributed by atoms with Crippen molar-refractivity contribution in [2.45, 2.75) is 19.8 Å². The molecule has 1 unspecified atom stereocenters. The highest BCUT2D eigenvalue weighted by molar-refractivity contribution is 5.92. The maximum absolute atomic E-state index is 12.0. The van der Waals surface area contributed by atoms with Crippen LogP contribution in [0.25, 0.3) is 11.1 Å². The van der Waals surface area contributed by atoms with Gasteiger partial charge >= 0.3 is 0 Å². The second-order valence-electron chi connectivity index (χ2n) is 5.26. The molecule has 0 radical (unpaired) electrons. The van der Waals surface area contributed by atoms with Gasteiger partial charge in [-0.25, -0.2) is 0 Å². The first kappa shape index (κ1) is 15.3. The van der Waals surface area contributed by atoms with E-state index in [1.807, 2.05) is 49.4 Å². The first-order valence-corrected chi connectivity index (χ1v) is 7.37. The van der Waals surface area contributed by atoms with Gasteiger partial charge in [-0.1, -0.05) is 49.4 Å². The van der Waals surface area contributed by atoms with Crippen molar-refractivity contribution in [3.8, 4) is 11.1 Å². The third-order valence-electron chi connectivity index (χ3n) is 3.55. The van der Waals surface area contributed by atoms with E-state index < -0.39 is 0 Å². The molecule has 2 aromatic rings. The lowest BCUT2D eigenvalue weighted by atomic mass is 10.0. The number of rotatable bonds is 6. The standard InChI is InChI=1S/C18H22N2O/c1-14(6-5-13-19)18(21)20-17-11-9-16(10-12-17)15-7-3-2-4-8-15/h2-4,7-12,14H,5-6,13,19H2,1H3,(H,20,21). The number of carbonyl (C=O) groups excluding carboxylic acids is 1. The van der Waals surface area contributed by atoms with E-state index in [-0.39, 0.29) is 11.8 Å². The minimum atomic E-state index is -0.0117. The Kier molecular flexibility index (Phi) is 5.52. The molecule has 3 N–H and O–H groups in total. The fourth-order valence-corrected chi connectivity index (χ4v) is 2.20. The van der Waals surface area contributed by atoms with Crippen LogP contribution in [0.4, 0.5) is 5.69 Å². The Morgan fingerprint density at radius 3 is 2.29 bits per heavy atom. The number of anilines is 1. The lowest BCUT2D eigenvalue weighted by Crippen LogP contribution is -2.21. The number of benzene rings is 2. The molecule has 0 aromatic heterocycles. The molecule has 0 heterocycles. The van der Waals surface area contributed by atoms with Crippen LogP contribution < -0.4 is 11.1 Å². The summed E-state index contributed by atoms with van der Waals surface area (Å²) in [6.45, 7) is 2.56. The summed E-state index contributed by atoms with van der Waals surface area (Å²) in [4.78, 5) is 12.0. The summed E-state index contributed by atoms with van der Waals surface area (Å²) in [6.07, 6.45) is 1.70. The molecule has 3 nitrogen and oxygen atoms in total. The molecule has 21 heavy (non-hydrogen) atoms. The number of nitrogens with two attached hydrogens (primary N) is 1. The Labute approximate surface area is 126 Å². The van der Waals surface area contributed by atoms with Crippen LogP contribution in [0.15, 0.2) is 54.6 Å². The molecule has 0 spiro atoms. The first-order chi connectivity index (χ1) is 10.2. The average molecular weight is 282 g/mol. The number of amides is 1. The van der Waals surface area contributed by atoms with Crippen LogP contribution in [-0.4, -0.2) is 12.5 Å². The molecule has 0 bridgehead atoms. The molecule has 3 heteroatoms. The van der Waals surface area contributed by atoms with Crippen molar-refractivity contribution in [1.29, 1.82) is 0 Å². The van der Waals surface area contributed by atoms with E-state index in [1.165, 1.54) is 5.56 Å². The third kappa shape index (κ3) is 4.43. The second-order valence-corrected chi connectivity index (χ2v) is 5.26. The highest BCUT2D eigenvalue weighted by Gasteiger charge is 2.12. The zero-order chi connectivity index (χ0) is 15.1. The summed E-state index contributed by atoms with van der Waals surface area (Å²) in [7, 11) is 0. The van der Waals surface area contributed by atoms with E-state index in [2.05, 4.69) is 17.4 Å². The summed E-state index contributed by atoms with van der Waals surface area (Å²) in [5.74, 6) is 0.0401. The maximum atomic E-state index is 12.0. The third-order valence-corrected chi connectivity index (χ3v) is 3.55. The molecule has 0 saturated heterocycles. The van der Waals surface area contributed by atoms with Gasteiger partial charge in [-0.15, -0.1) is 0 Å². The predicted molar refractivity (Wildman–Crippen MR) is 88.0 cm³/mol. The van der Waals surface area contributed by atoms with Crippen LogP contribution in [0.5, 0.6) is 0 Å². The lowest BCUT2D eigenvalue weighted by Gasteiger charge is -2.12. The molecule has 2 aromatic carbocycles. The second kappa shape index (κ2) is 7.60. The van der Waals surface area contributed by atoms with Crippen LogP contribution in [-0.2, 0) is 4.79 Å². The van der Waals surface area contributed by atoms with E-state index >= 15 is 0 Å². The largest absolute Gasteiger partial charge is 0.330 e. The number of carbonyl (C=O) groups is 1. The molecule has 0 aliphatic rings. The van der Waals surface area contributed by atoms with Gasteiger partial charge in [0.1, 0.15) is 0 Å². The average Bonchev–Trinajstić information content (AvgIpc) is 2.54. The summed E-state index contributed by atoms with van der Waals surface area (Å²) < 4.78 is 0. The molecule has 0 aliphatic heterocycles. The monoisotopic (exact) mass is 282 g/mol. The van der Waals surface area contributed by atoms with Gasteiger partial charge in [0.05, 0.1) is 0 Å². The van der Waals surface area contributed by atoms with Crippen LogP contribution in [0, 0.1) is 5.92 Å². The normalized spacial score (nSPS) is 11.9. The Morgan fingerprint density at radius 1 is 1.05 bits per heavy atom. The van der Waals surface area contributed by atoms with Crippen molar-refractivity contribution in [2.24, 2.45) is 11.7 Å². The predicted octanol–water partition coefficient (Wildman–Crippen LogP) is 3.67. The summed E-state index contributed by atoms with van der Waals surface area (Å²) in [6, 6.07) is 18.1. The van der Waals surface area contributed by atoms with Gasteiger partial charge in [-0.2, -0.15) is 0 Å². The van der Waals surface area contributed by atoms with Gasteiger partial charge in [0.15, 0.2) is 0 Å². The first-order valence-electron chi connectivity index (χ1n) is 7.37. The van der Waals surface area contributed by atoms with Crippen molar-refractivity contribution in [1.82, 2.24) is 0 Å². The minimum absolute atomic E-state index is 0.0117. The quantitative estimate of drug-likeness (QED) is 0.849. The number of hydrogen-bond donors (Lipinski definition) is 2. The van der Waals surface area contributed by atoms with Crippen molar-refractivity contribution in [2.75, 3.05) is 11.9 Å². The van der Waals surface area contributed by atoms with Gasteiger partial charge in [0.25, 0.3) is 0 Å². The van der Waals surface area contributed by atoms with E-state index in [4.69, 9.17) is 5.73 Å². The van der Waals surface area contributed by atoms with E-state index in [0.717, 1.165) is 24.1 Å². The molecule has 1 atom stereocenters. The zero-order valence-electron chi connectivity index (χ0n) is 12.4. The van der Waals surface area contributed by atoms with Crippen molar-refractivity contribution >= 4 is 11.6 Å². The molecule has 1 amide bonds. The van der Waals surface area contributed by atoms with Crippen molar-refractivity contribution in [3.05, 3.63) is 54.6 Å². The molecule has 110 valence electrons. The van der Waals surface area contributed by atoms with E-state index in [0.29, 0.717) is 6.54 Å².